The Hall–Kier alpha value is -1.67. The number of hydrogen-bond acceptors (Lipinski definition) is 5. The lowest BCUT2D eigenvalue weighted by atomic mass is 9.88. The van der Waals surface area contributed by atoms with Crippen molar-refractivity contribution in [2.75, 3.05) is 66.3 Å². The summed E-state index contributed by atoms with van der Waals surface area (Å²) in [4.78, 5) is 7.53. The maximum absolute atomic E-state index is 5.77. The molecule has 0 radical (unpaired) electrons. The summed E-state index contributed by atoms with van der Waals surface area (Å²) in [6, 6.07) is 10.9. The van der Waals surface area contributed by atoms with Crippen LogP contribution in [0.25, 0.3) is 0 Å². The van der Waals surface area contributed by atoms with Gasteiger partial charge >= 0.3 is 0 Å². The molecule has 180 valence electrons. The first-order chi connectivity index (χ1) is 15.7. The molecule has 7 nitrogen and oxygen atoms in total. The number of nitrogens with zero attached hydrogens (tertiary/aromatic N) is 2. The minimum atomic E-state index is -0.0451. The molecule has 2 heterocycles. The third kappa shape index (κ3) is 7.44. The van der Waals surface area contributed by atoms with Crippen LogP contribution in [0.1, 0.15) is 44.7 Å². The molecule has 2 fully saturated rings. The largest absolute Gasteiger partial charge is 0.382 e. The maximum Gasteiger partial charge on any atom is 0.193 e. The summed E-state index contributed by atoms with van der Waals surface area (Å²) in [6.45, 7) is 11.7. The van der Waals surface area contributed by atoms with Gasteiger partial charge in [0.2, 0.25) is 0 Å². The van der Waals surface area contributed by atoms with E-state index in [-0.39, 0.29) is 11.6 Å². The first-order valence-electron chi connectivity index (χ1n) is 12.2. The van der Waals surface area contributed by atoms with Gasteiger partial charge in [-0.3, -0.25) is 4.99 Å². The molecule has 7 heteroatoms. The van der Waals surface area contributed by atoms with E-state index in [1.54, 1.807) is 7.11 Å². The van der Waals surface area contributed by atoms with E-state index in [1.165, 1.54) is 5.56 Å². The molecule has 32 heavy (non-hydrogen) atoms. The van der Waals surface area contributed by atoms with Crippen molar-refractivity contribution in [3.63, 3.8) is 0 Å². The zero-order valence-corrected chi connectivity index (χ0v) is 20.1. The number of hydrogen-bond donors (Lipinski definition) is 2. The number of methoxy groups -OCH3 is 1. The minimum absolute atomic E-state index is 0.0451. The Morgan fingerprint density at radius 2 is 2.03 bits per heavy atom. The van der Waals surface area contributed by atoms with Gasteiger partial charge in [0.05, 0.1) is 26.4 Å². The van der Waals surface area contributed by atoms with Crippen LogP contribution in [-0.4, -0.2) is 82.7 Å². The fourth-order valence-corrected chi connectivity index (χ4v) is 4.60. The van der Waals surface area contributed by atoms with Crippen LogP contribution in [0.2, 0.25) is 0 Å². The predicted octanol–water partition coefficient (Wildman–Crippen LogP) is 2.84. The lowest BCUT2D eigenvalue weighted by Gasteiger charge is -2.40. The fourth-order valence-electron chi connectivity index (χ4n) is 4.60. The Kier molecular flexibility index (Phi) is 10.2. The van der Waals surface area contributed by atoms with Crippen molar-refractivity contribution < 1.29 is 14.2 Å². The molecular formula is C25H42N4O3. The van der Waals surface area contributed by atoms with Crippen LogP contribution >= 0.6 is 0 Å². The molecule has 0 aromatic heterocycles. The lowest BCUT2D eigenvalue weighted by molar-refractivity contribution is 0.0373. The molecule has 0 amide bonds. The number of rotatable bonds is 11. The molecule has 2 aliphatic rings. The Bertz CT molecular complexity index is 679. The summed E-state index contributed by atoms with van der Waals surface area (Å²) in [5.41, 5.74) is 1.27. The second-order valence-corrected chi connectivity index (χ2v) is 9.01. The van der Waals surface area contributed by atoms with Gasteiger partial charge in [-0.15, -0.1) is 0 Å². The number of guanidine groups is 1. The molecule has 0 spiro atoms. The van der Waals surface area contributed by atoms with Gasteiger partial charge in [0, 0.05) is 57.5 Å². The third-order valence-corrected chi connectivity index (χ3v) is 6.51. The summed E-state index contributed by atoms with van der Waals surface area (Å²) in [5.74, 6) is 1.57. The highest BCUT2D eigenvalue weighted by atomic mass is 16.5. The smallest absolute Gasteiger partial charge is 0.193 e. The van der Waals surface area contributed by atoms with Crippen LogP contribution in [-0.2, 0) is 14.2 Å². The van der Waals surface area contributed by atoms with Crippen molar-refractivity contribution in [2.24, 2.45) is 10.9 Å². The Balaban J connectivity index is 1.62. The monoisotopic (exact) mass is 446 g/mol. The molecule has 2 unspecified atom stereocenters. The molecule has 0 saturated carbocycles. The zero-order chi connectivity index (χ0) is 22.7. The van der Waals surface area contributed by atoms with Gasteiger partial charge in [0.25, 0.3) is 0 Å². The van der Waals surface area contributed by atoms with Crippen molar-refractivity contribution in [1.29, 1.82) is 0 Å². The van der Waals surface area contributed by atoms with Crippen molar-refractivity contribution in [1.82, 2.24) is 15.5 Å². The fraction of sp³-hybridized carbons (Fsp3) is 0.720. The topological polar surface area (TPSA) is 67.4 Å². The Labute approximate surface area is 193 Å². The van der Waals surface area contributed by atoms with Crippen LogP contribution in [0.5, 0.6) is 0 Å². The molecule has 1 aromatic rings. The number of likely N-dealkylation sites (tertiary alicyclic amines) is 1. The van der Waals surface area contributed by atoms with Gasteiger partial charge in [-0.25, -0.2) is 0 Å². The predicted molar refractivity (Wildman–Crippen MR) is 129 cm³/mol. The lowest BCUT2D eigenvalue weighted by Crippen LogP contribution is -2.53. The van der Waals surface area contributed by atoms with E-state index in [0.29, 0.717) is 19.1 Å². The standard InChI is InChI=1S/C25H42N4O3/c1-4-26-24(29-13-10-22(18-29)19-32-17-16-30-3)27-20-25(11-14-31-15-12-25)28-21(2)23-8-6-5-7-9-23/h5-9,21-22,28H,4,10-20H2,1-3H3,(H,26,27). The van der Waals surface area contributed by atoms with Crippen molar-refractivity contribution in [3.8, 4) is 0 Å². The van der Waals surface area contributed by atoms with Crippen molar-refractivity contribution in [2.45, 2.75) is 44.7 Å². The van der Waals surface area contributed by atoms with E-state index in [9.17, 15) is 0 Å². The van der Waals surface area contributed by atoms with Crippen LogP contribution in [0.3, 0.4) is 0 Å². The number of ether oxygens (including phenoxy) is 3. The SMILES string of the molecule is CCNC(=NCC1(NC(C)c2ccccc2)CCOCC1)N1CCC(COCCOC)C1. The van der Waals surface area contributed by atoms with Crippen molar-refractivity contribution >= 4 is 5.96 Å². The molecular weight excluding hydrogens is 404 g/mol. The van der Waals surface area contributed by atoms with Crippen LogP contribution in [0, 0.1) is 5.92 Å². The first-order valence-corrected chi connectivity index (χ1v) is 12.2. The van der Waals surface area contributed by atoms with Crippen LogP contribution in [0.4, 0.5) is 0 Å². The second kappa shape index (κ2) is 13.1. The normalized spacial score (nSPS) is 22.2. The van der Waals surface area contributed by atoms with E-state index < -0.39 is 0 Å². The molecule has 2 atom stereocenters. The highest BCUT2D eigenvalue weighted by Crippen LogP contribution is 2.26. The van der Waals surface area contributed by atoms with Crippen LogP contribution < -0.4 is 10.6 Å². The molecule has 0 aliphatic carbocycles. The average molecular weight is 447 g/mol. The summed E-state index contributed by atoms with van der Waals surface area (Å²) in [5, 5.41) is 7.44. The molecule has 1 aromatic carbocycles. The van der Waals surface area contributed by atoms with Gasteiger partial charge in [0.15, 0.2) is 5.96 Å². The van der Waals surface area contributed by atoms with E-state index in [0.717, 1.165) is 71.2 Å². The zero-order valence-electron chi connectivity index (χ0n) is 20.1. The van der Waals surface area contributed by atoms with E-state index in [2.05, 4.69) is 59.7 Å². The molecule has 0 bridgehead atoms. The Morgan fingerprint density at radius 3 is 2.75 bits per heavy atom. The maximum atomic E-state index is 5.77. The Morgan fingerprint density at radius 1 is 1.25 bits per heavy atom. The van der Waals surface area contributed by atoms with Gasteiger partial charge in [-0.05, 0) is 38.7 Å². The second-order valence-electron chi connectivity index (χ2n) is 9.01. The quantitative estimate of drug-likeness (QED) is 0.310. The number of nitrogens with one attached hydrogen (secondary N) is 2. The highest BCUT2D eigenvalue weighted by Gasteiger charge is 2.34. The summed E-state index contributed by atoms with van der Waals surface area (Å²) >= 11 is 0. The van der Waals surface area contributed by atoms with Gasteiger partial charge in [0.1, 0.15) is 0 Å². The van der Waals surface area contributed by atoms with E-state index in [4.69, 9.17) is 19.2 Å². The van der Waals surface area contributed by atoms with Crippen molar-refractivity contribution in [3.05, 3.63) is 35.9 Å². The molecule has 3 rings (SSSR count). The number of aliphatic imine (C=N–C) groups is 1. The van der Waals surface area contributed by atoms with E-state index >= 15 is 0 Å². The molecule has 2 aliphatic heterocycles. The van der Waals surface area contributed by atoms with Gasteiger partial charge in [-0.2, -0.15) is 0 Å². The molecule has 2 N–H and O–H groups in total. The molecule has 2 saturated heterocycles. The summed E-state index contributed by atoms with van der Waals surface area (Å²) in [7, 11) is 1.71. The van der Waals surface area contributed by atoms with Gasteiger partial charge < -0.3 is 29.7 Å². The number of benzene rings is 1. The van der Waals surface area contributed by atoms with Crippen LogP contribution in [0.15, 0.2) is 35.3 Å². The van der Waals surface area contributed by atoms with Gasteiger partial charge in [-0.1, -0.05) is 30.3 Å². The minimum Gasteiger partial charge on any atom is -0.382 e. The summed E-state index contributed by atoms with van der Waals surface area (Å²) < 4.78 is 16.5. The third-order valence-electron chi connectivity index (χ3n) is 6.51. The first kappa shape index (κ1) is 25.0. The average Bonchev–Trinajstić information content (AvgIpc) is 3.29. The highest BCUT2D eigenvalue weighted by molar-refractivity contribution is 5.80. The summed E-state index contributed by atoms with van der Waals surface area (Å²) in [6.07, 6.45) is 3.09. The van der Waals surface area contributed by atoms with E-state index in [1.807, 2.05) is 0 Å².